The van der Waals surface area contributed by atoms with Crippen molar-refractivity contribution in [2.45, 2.75) is 45.3 Å². The van der Waals surface area contributed by atoms with Crippen LogP contribution in [0.2, 0.25) is 0 Å². The standard InChI is InChI=1S/C24H25F5O3/c1-2-3-16-13-31-24(32-14-16)18-7-6-17(19(25)12-18)5-4-15-10-20(26)23(21(27)11-15)30-9-8-22(28)29/h6-12,16,22,24H,2-5,13-14H2,1H3/b9-8+. The minimum atomic E-state index is -2.80. The van der Waals surface area contributed by atoms with E-state index >= 15 is 0 Å². The van der Waals surface area contributed by atoms with Crippen molar-refractivity contribution in [1.29, 1.82) is 0 Å². The van der Waals surface area contributed by atoms with Crippen LogP contribution in [0.1, 0.15) is 42.7 Å². The van der Waals surface area contributed by atoms with Crippen molar-refractivity contribution in [2.24, 2.45) is 5.92 Å². The van der Waals surface area contributed by atoms with Gasteiger partial charge in [-0.25, -0.2) is 22.0 Å². The molecule has 1 aliphatic heterocycles. The molecule has 0 unspecified atom stereocenters. The predicted molar refractivity (Wildman–Crippen MR) is 109 cm³/mol. The van der Waals surface area contributed by atoms with Crippen molar-refractivity contribution in [3.05, 3.63) is 76.8 Å². The Kier molecular flexibility index (Phi) is 8.64. The summed E-state index contributed by atoms with van der Waals surface area (Å²) in [6.45, 7) is 3.23. The molecule has 0 amide bonds. The molecule has 174 valence electrons. The first-order chi connectivity index (χ1) is 15.4. The Morgan fingerprint density at radius 3 is 2.28 bits per heavy atom. The fourth-order valence-corrected chi connectivity index (χ4v) is 3.54. The number of hydrogen-bond acceptors (Lipinski definition) is 3. The molecular formula is C24H25F5O3. The Morgan fingerprint density at radius 2 is 1.69 bits per heavy atom. The molecule has 0 saturated carbocycles. The minimum absolute atomic E-state index is 0.173. The molecule has 1 saturated heterocycles. The zero-order valence-electron chi connectivity index (χ0n) is 17.6. The van der Waals surface area contributed by atoms with E-state index in [1.807, 2.05) is 0 Å². The zero-order valence-corrected chi connectivity index (χ0v) is 17.6. The van der Waals surface area contributed by atoms with Crippen LogP contribution in [0.4, 0.5) is 22.0 Å². The summed E-state index contributed by atoms with van der Waals surface area (Å²) in [5, 5.41) is 0. The molecule has 3 rings (SSSR count). The topological polar surface area (TPSA) is 27.7 Å². The second kappa shape index (κ2) is 11.4. The Hall–Kier alpha value is -2.45. The highest BCUT2D eigenvalue weighted by Crippen LogP contribution is 2.29. The van der Waals surface area contributed by atoms with E-state index < -0.39 is 35.9 Å². The third-order valence-electron chi connectivity index (χ3n) is 5.16. The van der Waals surface area contributed by atoms with E-state index in [0.717, 1.165) is 25.0 Å². The van der Waals surface area contributed by atoms with Gasteiger partial charge in [-0.05, 0) is 48.6 Å². The molecule has 0 radical (unpaired) electrons. The van der Waals surface area contributed by atoms with Gasteiger partial charge in [-0.2, -0.15) is 0 Å². The molecule has 8 heteroatoms. The third kappa shape index (κ3) is 6.53. The average Bonchev–Trinajstić information content (AvgIpc) is 2.75. The van der Waals surface area contributed by atoms with Crippen LogP contribution >= 0.6 is 0 Å². The molecule has 0 aliphatic carbocycles. The summed E-state index contributed by atoms with van der Waals surface area (Å²) in [5.41, 5.74) is 1.25. The fraction of sp³-hybridized carbons (Fsp3) is 0.417. The van der Waals surface area contributed by atoms with Crippen LogP contribution < -0.4 is 4.74 Å². The quantitative estimate of drug-likeness (QED) is 0.318. The van der Waals surface area contributed by atoms with Gasteiger partial charge in [-0.15, -0.1) is 0 Å². The monoisotopic (exact) mass is 456 g/mol. The van der Waals surface area contributed by atoms with Crippen LogP contribution in [0.25, 0.3) is 0 Å². The maximum Gasteiger partial charge on any atom is 0.260 e. The largest absolute Gasteiger partial charge is 0.459 e. The normalized spacial score (nSPS) is 19.1. The van der Waals surface area contributed by atoms with Crippen LogP contribution in [0.3, 0.4) is 0 Å². The first kappa shape index (κ1) is 24.2. The first-order valence-corrected chi connectivity index (χ1v) is 10.5. The molecule has 2 aromatic rings. The minimum Gasteiger partial charge on any atom is -0.459 e. The second-order valence-corrected chi connectivity index (χ2v) is 7.67. The van der Waals surface area contributed by atoms with Crippen molar-refractivity contribution >= 4 is 0 Å². The maximum absolute atomic E-state index is 14.6. The molecule has 0 aromatic heterocycles. The summed E-state index contributed by atoms with van der Waals surface area (Å²) in [6, 6.07) is 6.76. The summed E-state index contributed by atoms with van der Waals surface area (Å²) in [4.78, 5) is 0. The third-order valence-corrected chi connectivity index (χ3v) is 5.16. The predicted octanol–water partition coefficient (Wildman–Crippen LogP) is 6.51. The number of aryl methyl sites for hydroxylation is 2. The van der Waals surface area contributed by atoms with Gasteiger partial charge in [0.05, 0.1) is 19.5 Å². The molecule has 1 fully saturated rings. The second-order valence-electron chi connectivity index (χ2n) is 7.67. The van der Waals surface area contributed by atoms with Crippen LogP contribution in [0.15, 0.2) is 42.7 Å². The van der Waals surface area contributed by atoms with E-state index in [1.165, 1.54) is 6.07 Å². The van der Waals surface area contributed by atoms with Crippen LogP contribution in [-0.2, 0) is 22.3 Å². The molecule has 0 bridgehead atoms. The summed E-state index contributed by atoms with van der Waals surface area (Å²) in [5.74, 6) is -2.93. The molecule has 1 aliphatic rings. The first-order valence-electron chi connectivity index (χ1n) is 10.5. The van der Waals surface area contributed by atoms with Crippen LogP contribution in [0, 0.1) is 23.4 Å². The zero-order chi connectivity index (χ0) is 23.1. The molecule has 1 heterocycles. The van der Waals surface area contributed by atoms with Gasteiger partial charge < -0.3 is 14.2 Å². The summed E-state index contributed by atoms with van der Waals surface area (Å²) < 4.78 is 82.9. The molecule has 0 spiro atoms. The number of benzene rings is 2. The van der Waals surface area contributed by atoms with Gasteiger partial charge in [0.2, 0.25) is 0 Å². The van der Waals surface area contributed by atoms with E-state index in [1.54, 1.807) is 12.1 Å². The van der Waals surface area contributed by atoms with Gasteiger partial charge >= 0.3 is 0 Å². The van der Waals surface area contributed by atoms with Crippen LogP contribution in [0.5, 0.6) is 5.75 Å². The molecule has 3 nitrogen and oxygen atoms in total. The van der Waals surface area contributed by atoms with Crippen LogP contribution in [-0.4, -0.2) is 19.6 Å². The van der Waals surface area contributed by atoms with Gasteiger partial charge in [0.15, 0.2) is 23.7 Å². The number of ether oxygens (including phenoxy) is 3. The van der Waals surface area contributed by atoms with Gasteiger partial charge in [0.25, 0.3) is 6.43 Å². The summed E-state index contributed by atoms with van der Waals surface area (Å²) in [6.07, 6.45) is -0.0601. The maximum atomic E-state index is 14.6. The van der Waals surface area contributed by atoms with Crippen molar-refractivity contribution in [3.63, 3.8) is 0 Å². The lowest BCUT2D eigenvalue weighted by atomic mass is 10.0. The summed E-state index contributed by atoms with van der Waals surface area (Å²) >= 11 is 0. The lowest BCUT2D eigenvalue weighted by molar-refractivity contribution is -0.206. The smallest absolute Gasteiger partial charge is 0.260 e. The number of halogens is 5. The number of hydrogen-bond donors (Lipinski definition) is 0. The van der Waals surface area contributed by atoms with Gasteiger partial charge in [-0.3, -0.25) is 0 Å². The summed E-state index contributed by atoms with van der Waals surface area (Å²) in [7, 11) is 0. The van der Waals surface area contributed by atoms with E-state index in [9.17, 15) is 22.0 Å². The Balaban J connectivity index is 1.60. The molecular weight excluding hydrogens is 431 g/mol. The van der Waals surface area contributed by atoms with E-state index in [4.69, 9.17) is 9.47 Å². The average molecular weight is 456 g/mol. The molecule has 0 N–H and O–H groups in total. The van der Waals surface area contributed by atoms with E-state index in [0.29, 0.717) is 42.6 Å². The number of allylic oxidation sites excluding steroid dienone is 1. The molecule has 2 aromatic carbocycles. The highest BCUT2D eigenvalue weighted by atomic mass is 19.3. The van der Waals surface area contributed by atoms with E-state index in [-0.39, 0.29) is 18.4 Å². The highest BCUT2D eigenvalue weighted by molar-refractivity contribution is 5.33. The van der Waals surface area contributed by atoms with Crippen molar-refractivity contribution in [3.8, 4) is 5.75 Å². The lowest BCUT2D eigenvalue weighted by Crippen LogP contribution is -2.27. The molecule has 0 atom stereocenters. The lowest BCUT2D eigenvalue weighted by Gasteiger charge is -2.29. The van der Waals surface area contributed by atoms with Gasteiger partial charge in [0.1, 0.15) is 5.82 Å². The highest BCUT2D eigenvalue weighted by Gasteiger charge is 2.23. The fourth-order valence-electron chi connectivity index (χ4n) is 3.54. The Labute approximate surface area is 183 Å². The van der Waals surface area contributed by atoms with Gasteiger partial charge in [-0.1, -0.05) is 25.5 Å². The Morgan fingerprint density at radius 1 is 1.00 bits per heavy atom. The number of rotatable bonds is 9. The van der Waals surface area contributed by atoms with Crippen molar-refractivity contribution in [2.75, 3.05) is 13.2 Å². The number of alkyl halides is 2. The van der Waals surface area contributed by atoms with Gasteiger partial charge in [0, 0.05) is 17.6 Å². The van der Waals surface area contributed by atoms with Crippen molar-refractivity contribution in [1.82, 2.24) is 0 Å². The van der Waals surface area contributed by atoms with E-state index in [2.05, 4.69) is 11.7 Å². The SMILES string of the molecule is CCCC1COC(c2ccc(CCc3cc(F)c(O/C=C/C(F)F)c(F)c3)c(F)c2)OC1. The molecule has 32 heavy (non-hydrogen) atoms. The Bertz CT molecular complexity index is 901. The van der Waals surface area contributed by atoms with Crippen molar-refractivity contribution < 1.29 is 36.2 Å².